The first-order chi connectivity index (χ1) is 14.5. The fourth-order valence-electron chi connectivity index (χ4n) is 7.22. The van der Waals surface area contributed by atoms with Gasteiger partial charge in [0, 0.05) is 29.7 Å². The van der Waals surface area contributed by atoms with E-state index >= 15 is 0 Å². The minimum Gasteiger partial charge on any atom is -0.386 e. The van der Waals surface area contributed by atoms with E-state index in [1.165, 1.54) is 11.1 Å². The van der Waals surface area contributed by atoms with Crippen LogP contribution in [-0.4, -0.2) is 64.5 Å². The third-order valence-corrected chi connectivity index (χ3v) is 8.69. The van der Waals surface area contributed by atoms with Crippen molar-refractivity contribution in [2.45, 2.75) is 49.2 Å². The lowest BCUT2D eigenvalue weighted by atomic mass is 9.49. The van der Waals surface area contributed by atoms with Gasteiger partial charge in [-0.3, -0.25) is 0 Å². The topological polar surface area (TPSA) is 52.9 Å². The number of piperidine rings is 1. The summed E-state index contributed by atoms with van der Waals surface area (Å²) in [6, 6.07) is 10.6. The summed E-state index contributed by atoms with van der Waals surface area (Å²) in [5.41, 5.74) is 3.33. The number of rotatable bonds is 3. The number of aliphatic hydroxyl groups is 2. The predicted molar refractivity (Wildman–Crippen MR) is 116 cm³/mol. The molecule has 1 aromatic rings. The van der Waals surface area contributed by atoms with Crippen molar-refractivity contribution in [2.75, 3.05) is 19.5 Å². The molecule has 1 aromatic carbocycles. The van der Waals surface area contributed by atoms with Crippen molar-refractivity contribution < 1.29 is 14.9 Å². The molecule has 5 aliphatic rings. The van der Waals surface area contributed by atoms with E-state index in [1.807, 2.05) is 24.3 Å². The van der Waals surface area contributed by atoms with Gasteiger partial charge in [-0.05, 0) is 48.7 Å². The summed E-state index contributed by atoms with van der Waals surface area (Å²) in [4.78, 5) is 2.45. The first kappa shape index (κ1) is 19.3. The Morgan fingerprint density at radius 3 is 2.77 bits per heavy atom. The number of alkyl halides is 1. The number of benzene rings is 1. The molecule has 0 radical (unpaired) electrons. The molecule has 158 valence electrons. The Labute approximate surface area is 182 Å². The van der Waals surface area contributed by atoms with E-state index in [4.69, 9.17) is 16.3 Å². The number of hydrogen-bond acceptors (Lipinski definition) is 4. The van der Waals surface area contributed by atoms with Gasteiger partial charge in [0.25, 0.3) is 0 Å². The van der Waals surface area contributed by atoms with E-state index in [2.05, 4.69) is 36.2 Å². The highest BCUT2D eigenvalue weighted by molar-refractivity contribution is 6.19. The van der Waals surface area contributed by atoms with E-state index in [9.17, 15) is 10.2 Å². The van der Waals surface area contributed by atoms with E-state index < -0.39 is 17.8 Å². The van der Waals surface area contributed by atoms with Crippen molar-refractivity contribution >= 4 is 11.6 Å². The van der Waals surface area contributed by atoms with Gasteiger partial charge in [-0.2, -0.15) is 0 Å². The van der Waals surface area contributed by atoms with Crippen molar-refractivity contribution in [3.05, 3.63) is 70.8 Å². The Hall–Kier alpha value is -1.43. The number of ether oxygens (including phenoxy) is 1. The van der Waals surface area contributed by atoms with Crippen molar-refractivity contribution in [2.24, 2.45) is 11.3 Å². The molecular formula is C25H28ClNO3. The van der Waals surface area contributed by atoms with Crippen LogP contribution in [0.1, 0.15) is 18.4 Å². The molecule has 6 rings (SSSR count). The lowest BCUT2D eigenvalue weighted by Gasteiger charge is -2.58. The van der Waals surface area contributed by atoms with Gasteiger partial charge >= 0.3 is 0 Å². The Balaban J connectivity index is 1.61. The molecule has 2 unspecified atom stereocenters. The van der Waals surface area contributed by atoms with Crippen LogP contribution in [0.15, 0.2) is 65.3 Å². The molecule has 30 heavy (non-hydrogen) atoms. The average Bonchev–Trinajstić information content (AvgIpc) is 3.06. The van der Waals surface area contributed by atoms with Crippen molar-refractivity contribution in [1.82, 2.24) is 4.90 Å². The number of nitrogens with zero attached hydrogens (tertiary/aromatic N) is 1. The minimum atomic E-state index is -0.869. The minimum absolute atomic E-state index is 0.261. The van der Waals surface area contributed by atoms with Gasteiger partial charge in [-0.25, -0.2) is 0 Å². The van der Waals surface area contributed by atoms with Crippen LogP contribution in [0, 0.1) is 11.3 Å². The van der Waals surface area contributed by atoms with Crippen LogP contribution >= 0.6 is 11.6 Å². The van der Waals surface area contributed by atoms with Crippen LogP contribution in [0.2, 0.25) is 0 Å². The number of hydrogen-bond donors (Lipinski definition) is 2. The summed E-state index contributed by atoms with van der Waals surface area (Å²) in [6.07, 6.45) is 6.91. The second kappa shape index (κ2) is 6.54. The van der Waals surface area contributed by atoms with Crippen molar-refractivity contribution in [3.8, 4) is 0 Å². The molecule has 1 spiro atoms. The van der Waals surface area contributed by atoms with Crippen LogP contribution in [0.5, 0.6) is 0 Å². The number of likely N-dealkylation sites (tertiary alicyclic amines) is 1. The van der Waals surface area contributed by atoms with Gasteiger partial charge in [0.05, 0.1) is 12.2 Å². The van der Waals surface area contributed by atoms with Crippen molar-refractivity contribution in [1.29, 1.82) is 0 Å². The molecule has 5 heteroatoms. The van der Waals surface area contributed by atoms with E-state index in [-0.39, 0.29) is 17.4 Å². The molecular weight excluding hydrogens is 398 g/mol. The van der Waals surface area contributed by atoms with Gasteiger partial charge < -0.3 is 19.8 Å². The fourth-order valence-corrected chi connectivity index (χ4v) is 7.45. The second-order valence-electron chi connectivity index (χ2n) is 9.69. The average molecular weight is 426 g/mol. The van der Waals surface area contributed by atoms with Gasteiger partial charge in [0.1, 0.15) is 11.7 Å². The van der Waals surface area contributed by atoms with Crippen LogP contribution < -0.4 is 0 Å². The maximum atomic E-state index is 11.6. The third-order valence-electron chi connectivity index (χ3n) is 8.38. The van der Waals surface area contributed by atoms with E-state index in [0.29, 0.717) is 18.4 Å². The molecule has 2 aliphatic heterocycles. The highest BCUT2D eigenvalue weighted by Crippen LogP contribution is 2.67. The zero-order chi connectivity index (χ0) is 20.7. The molecule has 3 aliphatic carbocycles. The molecule has 7 atom stereocenters. The second-order valence-corrected chi connectivity index (χ2v) is 9.96. The lowest BCUT2D eigenvalue weighted by molar-refractivity contribution is -0.142. The maximum Gasteiger partial charge on any atom is 0.125 e. The van der Waals surface area contributed by atoms with Gasteiger partial charge in [-0.1, -0.05) is 48.6 Å². The summed E-state index contributed by atoms with van der Waals surface area (Å²) < 4.78 is 6.88. The zero-order valence-corrected chi connectivity index (χ0v) is 17.9. The molecule has 4 nitrogen and oxygen atoms in total. The highest BCUT2D eigenvalue weighted by Gasteiger charge is 2.71. The monoisotopic (exact) mass is 425 g/mol. The molecule has 2 fully saturated rings. The summed E-state index contributed by atoms with van der Waals surface area (Å²) in [5.74, 6) is 0.569. The number of aliphatic hydroxyl groups excluding tert-OH is 2. The molecule has 0 aromatic heterocycles. The van der Waals surface area contributed by atoms with Gasteiger partial charge in [-0.15, -0.1) is 11.6 Å². The quantitative estimate of drug-likeness (QED) is 0.577. The van der Waals surface area contributed by atoms with Crippen molar-refractivity contribution in [3.63, 3.8) is 0 Å². The normalized spacial score (nSPS) is 44.1. The summed E-state index contributed by atoms with van der Waals surface area (Å²) in [7, 11) is 2.20. The van der Waals surface area contributed by atoms with E-state index in [1.54, 1.807) is 0 Å². The first-order valence-electron chi connectivity index (χ1n) is 11.0. The number of halogens is 1. The summed E-state index contributed by atoms with van der Waals surface area (Å²) >= 11 is 6.32. The largest absolute Gasteiger partial charge is 0.386 e. The molecule has 2 saturated heterocycles. The first-order valence-corrected chi connectivity index (χ1v) is 11.5. The Morgan fingerprint density at radius 1 is 1.20 bits per heavy atom. The zero-order valence-electron chi connectivity index (χ0n) is 17.2. The highest BCUT2D eigenvalue weighted by atomic mass is 35.5. The summed E-state index contributed by atoms with van der Waals surface area (Å²) in [6.45, 7) is 0.974. The third kappa shape index (κ3) is 2.27. The molecule has 2 heterocycles. The van der Waals surface area contributed by atoms with Gasteiger partial charge in [0.2, 0.25) is 0 Å². The molecule has 0 amide bonds. The van der Waals surface area contributed by atoms with Crippen LogP contribution in [-0.2, 0) is 11.2 Å². The summed E-state index contributed by atoms with van der Waals surface area (Å²) in [5, 5.41) is 22.7. The standard InChI is InChI=1S/C25H28ClNO3/c1-27-10-9-24-18-7-8-20(28)23(24)30-25(13-15-5-3-2-4-6-15)21(24)16(12-19(18)27)11-17(14-26)22(25)29/h2-8,11,18-20,22-23,28-29H,9-10,12-14H2,1H3/t18-,19+,20-,22?,23-,24-,25?/m0/s1. The van der Waals surface area contributed by atoms with Crippen LogP contribution in [0.3, 0.4) is 0 Å². The van der Waals surface area contributed by atoms with E-state index in [0.717, 1.165) is 30.5 Å². The fraction of sp³-hybridized carbons (Fsp3) is 0.520. The Morgan fingerprint density at radius 2 is 2.00 bits per heavy atom. The lowest BCUT2D eigenvalue weighted by Crippen LogP contribution is -2.62. The van der Waals surface area contributed by atoms with Gasteiger partial charge in [0.15, 0.2) is 0 Å². The Bertz CT molecular complexity index is 972. The van der Waals surface area contributed by atoms with Crippen LogP contribution in [0.25, 0.3) is 0 Å². The van der Waals surface area contributed by atoms with Crippen LogP contribution in [0.4, 0.5) is 0 Å². The SMILES string of the molecule is CN1CC[C@]23C4=C5C=C(CCl)C(O)C4(Cc4ccccc4)O[C@H]2[C@@H](O)C=C[C@H]3[C@H]1C5. The molecule has 2 bridgehead atoms. The maximum absolute atomic E-state index is 11.6. The Kier molecular flexibility index (Phi) is 4.20. The molecule has 2 N–H and O–H groups in total. The molecule has 0 saturated carbocycles. The smallest absolute Gasteiger partial charge is 0.125 e. The predicted octanol–water partition coefficient (Wildman–Crippen LogP) is 2.84. The number of allylic oxidation sites excluding steroid dienone is 1.